The molecule has 0 amide bonds. The van der Waals surface area contributed by atoms with Crippen LogP contribution in [0.2, 0.25) is 0 Å². The number of methoxy groups -OCH3 is 1. The number of carbonyl (C=O) groups excluding carboxylic acids is 2. The fourth-order valence-corrected chi connectivity index (χ4v) is 2.77. The second kappa shape index (κ2) is 7.35. The molecule has 0 saturated heterocycles. The van der Waals surface area contributed by atoms with Gasteiger partial charge in [-0.25, -0.2) is 4.79 Å². The number of carbonyl (C=O) groups is 2. The van der Waals surface area contributed by atoms with Crippen molar-refractivity contribution in [3.05, 3.63) is 23.3 Å². The highest BCUT2D eigenvalue weighted by molar-refractivity contribution is 5.96. The zero-order chi connectivity index (χ0) is 17.0. The van der Waals surface area contributed by atoms with Crippen molar-refractivity contribution in [2.24, 2.45) is 0 Å². The minimum atomic E-state index is -0.738. The number of fused-ring (bicyclic) bond motifs is 1. The summed E-state index contributed by atoms with van der Waals surface area (Å²) in [6.07, 6.45) is 2.18. The third kappa shape index (κ3) is 3.75. The quantitative estimate of drug-likeness (QED) is 0.640. The van der Waals surface area contributed by atoms with E-state index in [1.165, 1.54) is 20.1 Å². The molecule has 0 aliphatic carbocycles. The van der Waals surface area contributed by atoms with Crippen LogP contribution in [-0.2, 0) is 14.3 Å². The summed E-state index contributed by atoms with van der Waals surface area (Å²) in [6.45, 7) is 3.38. The van der Waals surface area contributed by atoms with E-state index in [-0.39, 0.29) is 11.3 Å². The summed E-state index contributed by atoms with van der Waals surface area (Å²) in [5.41, 5.74) is 0.457. The van der Waals surface area contributed by atoms with Crippen molar-refractivity contribution in [2.75, 3.05) is 7.11 Å². The summed E-state index contributed by atoms with van der Waals surface area (Å²) >= 11 is 0. The molecular weight excluding hydrogens is 300 g/mol. The zero-order valence-electron chi connectivity index (χ0n) is 13.6. The Bertz CT molecular complexity index is 595. The van der Waals surface area contributed by atoms with Gasteiger partial charge in [-0.1, -0.05) is 19.8 Å². The lowest BCUT2D eigenvalue weighted by Crippen LogP contribution is -2.34. The highest BCUT2D eigenvalue weighted by Gasteiger charge is 2.39. The fraction of sp³-hybridized carbons (Fsp3) is 0.529. The van der Waals surface area contributed by atoms with Crippen LogP contribution >= 0.6 is 0 Å². The number of rotatable bonds is 6. The Labute approximate surface area is 135 Å². The fourth-order valence-electron chi connectivity index (χ4n) is 2.77. The topological polar surface area (TPSA) is 82.1 Å². The second-order valence-corrected chi connectivity index (χ2v) is 5.58. The van der Waals surface area contributed by atoms with E-state index in [4.69, 9.17) is 14.2 Å². The summed E-state index contributed by atoms with van der Waals surface area (Å²) in [5.74, 6) is -0.930. The molecule has 1 aliphatic rings. The Balaban J connectivity index is 2.41. The molecule has 2 atom stereocenters. The zero-order valence-corrected chi connectivity index (χ0v) is 13.6. The van der Waals surface area contributed by atoms with Crippen LogP contribution in [0.4, 0.5) is 0 Å². The molecule has 0 bridgehead atoms. The number of hydrogen-bond acceptors (Lipinski definition) is 6. The highest BCUT2D eigenvalue weighted by atomic mass is 16.6. The van der Waals surface area contributed by atoms with Gasteiger partial charge in [0.1, 0.15) is 23.2 Å². The summed E-state index contributed by atoms with van der Waals surface area (Å²) in [6, 6.07) is 2.94. The van der Waals surface area contributed by atoms with Gasteiger partial charge in [0.2, 0.25) is 0 Å². The number of hydrogen-bond donors (Lipinski definition) is 1. The molecule has 126 valence electrons. The Morgan fingerprint density at radius 3 is 2.70 bits per heavy atom. The maximum atomic E-state index is 12.2. The highest BCUT2D eigenvalue weighted by Crippen LogP contribution is 2.41. The predicted octanol–water partition coefficient (Wildman–Crippen LogP) is 3.12. The molecule has 1 heterocycles. The molecule has 1 aromatic rings. The molecule has 2 rings (SSSR count). The van der Waals surface area contributed by atoms with Crippen molar-refractivity contribution in [3.63, 3.8) is 0 Å². The van der Waals surface area contributed by atoms with Crippen LogP contribution in [0.15, 0.2) is 12.1 Å². The van der Waals surface area contributed by atoms with Gasteiger partial charge in [0, 0.05) is 18.6 Å². The van der Waals surface area contributed by atoms with Crippen molar-refractivity contribution in [3.8, 4) is 11.5 Å². The van der Waals surface area contributed by atoms with Gasteiger partial charge in [-0.3, -0.25) is 4.79 Å². The number of ether oxygens (including phenoxy) is 3. The average Bonchev–Trinajstić information content (AvgIpc) is 2.50. The van der Waals surface area contributed by atoms with Crippen molar-refractivity contribution in [1.29, 1.82) is 0 Å². The lowest BCUT2D eigenvalue weighted by atomic mass is 9.91. The molecule has 1 N–H and O–H groups in total. The Morgan fingerprint density at radius 1 is 1.35 bits per heavy atom. The number of benzene rings is 1. The number of phenolic OH excluding ortho intramolecular Hbond substituents is 1. The van der Waals surface area contributed by atoms with E-state index in [0.29, 0.717) is 17.7 Å². The van der Waals surface area contributed by atoms with E-state index >= 15 is 0 Å². The second-order valence-electron chi connectivity index (χ2n) is 5.58. The van der Waals surface area contributed by atoms with E-state index in [0.717, 1.165) is 19.3 Å². The van der Waals surface area contributed by atoms with Crippen molar-refractivity contribution < 1.29 is 28.9 Å². The number of esters is 2. The van der Waals surface area contributed by atoms with E-state index in [1.807, 2.05) is 0 Å². The molecule has 23 heavy (non-hydrogen) atoms. The minimum absolute atomic E-state index is 0.0313. The lowest BCUT2D eigenvalue weighted by molar-refractivity contribution is -0.154. The summed E-state index contributed by atoms with van der Waals surface area (Å²) in [5, 5.41) is 10.1. The van der Waals surface area contributed by atoms with Crippen molar-refractivity contribution in [2.45, 2.75) is 51.7 Å². The van der Waals surface area contributed by atoms with Crippen LogP contribution in [-0.4, -0.2) is 30.3 Å². The number of aromatic hydroxyl groups is 1. The first kappa shape index (κ1) is 17.1. The molecule has 6 heteroatoms. The monoisotopic (exact) mass is 322 g/mol. The molecule has 0 unspecified atom stereocenters. The summed E-state index contributed by atoms with van der Waals surface area (Å²) in [7, 11) is 1.46. The molecule has 0 saturated carbocycles. The summed E-state index contributed by atoms with van der Waals surface area (Å²) < 4.78 is 15.9. The molecular formula is C17H22O6. The molecule has 1 aromatic carbocycles. The van der Waals surface area contributed by atoms with Crippen molar-refractivity contribution in [1.82, 2.24) is 0 Å². The first-order valence-electron chi connectivity index (χ1n) is 7.77. The SMILES string of the molecule is CCCCC[C@H]1OC(=O)c2c(O)cc(OC)cc2[C@H]1OC(C)=O. The van der Waals surface area contributed by atoms with Gasteiger partial charge >= 0.3 is 11.9 Å². The lowest BCUT2D eigenvalue weighted by Gasteiger charge is -2.32. The number of unbranched alkanes of at least 4 members (excludes halogenated alkanes) is 2. The van der Waals surface area contributed by atoms with Gasteiger partial charge in [-0.05, 0) is 18.9 Å². The smallest absolute Gasteiger partial charge is 0.342 e. The molecule has 0 aromatic heterocycles. The van der Waals surface area contributed by atoms with Crippen LogP contribution < -0.4 is 4.74 Å². The average molecular weight is 322 g/mol. The molecule has 1 aliphatic heterocycles. The maximum Gasteiger partial charge on any atom is 0.342 e. The molecule has 0 spiro atoms. The maximum absolute atomic E-state index is 12.2. The molecule has 0 radical (unpaired) electrons. The standard InChI is InChI=1S/C17H22O6/c1-4-5-6-7-14-16(22-10(2)18)12-8-11(21-3)9-13(19)15(12)17(20)23-14/h8-9,14,16,19H,4-7H2,1-3H3/t14-,16-/m1/s1. The van der Waals surface area contributed by atoms with Crippen LogP contribution in [0.3, 0.4) is 0 Å². The van der Waals surface area contributed by atoms with E-state index in [2.05, 4.69) is 6.92 Å². The van der Waals surface area contributed by atoms with Gasteiger partial charge in [0.15, 0.2) is 6.10 Å². The largest absolute Gasteiger partial charge is 0.507 e. The van der Waals surface area contributed by atoms with Crippen LogP contribution in [0.1, 0.15) is 61.6 Å². The van der Waals surface area contributed by atoms with E-state index < -0.39 is 24.1 Å². The van der Waals surface area contributed by atoms with Gasteiger partial charge in [0.05, 0.1) is 7.11 Å². The third-order valence-electron chi connectivity index (χ3n) is 3.85. The van der Waals surface area contributed by atoms with Gasteiger partial charge in [-0.15, -0.1) is 0 Å². The Hall–Kier alpha value is -2.24. The molecule has 0 fully saturated rings. The minimum Gasteiger partial charge on any atom is -0.507 e. The van der Waals surface area contributed by atoms with Crippen molar-refractivity contribution >= 4 is 11.9 Å². The Kier molecular flexibility index (Phi) is 5.47. The van der Waals surface area contributed by atoms with Gasteiger partial charge in [0.25, 0.3) is 0 Å². The van der Waals surface area contributed by atoms with E-state index in [9.17, 15) is 14.7 Å². The van der Waals surface area contributed by atoms with Crippen LogP contribution in [0.25, 0.3) is 0 Å². The van der Waals surface area contributed by atoms with Gasteiger partial charge < -0.3 is 19.3 Å². The van der Waals surface area contributed by atoms with Crippen LogP contribution in [0.5, 0.6) is 11.5 Å². The normalized spacial score (nSPS) is 19.7. The third-order valence-corrected chi connectivity index (χ3v) is 3.85. The molecule has 6 nitrogen and oxygen atoms in total. The van der Waals surface area contributed by atoms with Gasteiger partial charge in [-0.2, -0.15) is 0 Å². The predicted molar refractivity (Wildman–Crippen MR) is 82.5 cm³/mol. The summed E-state index contributed by atoms with van der Waals surface area (Å²) in [4.78, 5) is 23.7. The van der Waals surface area contributed by atoms with E-state index in [1.54, 1.807) is 6.07 Å². The van der Waals surface area contributed by atoms with Crippen LogP contribution in [0, 0.1) is 0 Å². The first-order valence-corrected chi connectivity index (χ1v) is 7.77. The Morgan fingerprint density at radius 2 is 2.09 bits per heavy atom. The number of phenols is 1. The number of cyclic esters (lactones) is 1. The first-order chi connectivity index (χ1) is 11.0.